The molecule has 298 valence electrons. The van der Waals surface area contributed by atoms with Crippen LogP contribution in [0, 0.1) is 11.3 Å². The first-order chi connectivity index (χ1) is 41.3. The fraction of sp³-hybridized carbons (Fsp3) is 0. The lowest BCUT2D eigenvalue weighted by Crippen LogP contribution is -2.07. The van der Waals surface area contributed by atoms with Crippen LogP contribution >= 0.6 is 0 Å². The molecule has 0 aliphatic rings. The van der Waals surface area contributed by atoms with Crippen molar-refractivity contribution in [3.63, 3.8) is 0 Å². The summed E-state index contributed by atoms with van der Waals surface area (Å²) in [6, 6.07) is 4.24. The molecule has 0 N–H and O–H groups in total. The van der Waals surface area contributed by atoms with Crippen molar-refractivity contribution in [3.8, 4) is 73.9 Å². The Hall–Kier alpha value is -8.92. The highest BCUT2D eigenvalue weighted by Gasteiger charge is 2.26. The summed E-state index contributed by atoms with van der Waals surface area (Å²) in [4.78, 5) is 14.7. The molecule has 64 heavy (non-hydrogen) atoms. The predicted molar refractivity (Wildman–Crippen MR) is 260 cm³/mol. The lowest BCUT2D eigenvalue weighted by atomic mass is 9.99. The van der Waals surface area contributed by atoms with E-state index in [4.69, 9.17) is 30.0 Å². The highest BCUT2D eigenvalue weighted by Crippen LogP contribution is 2.44. The second kappa shape index (κ2) is 15.2. The number of fused-ring (bicyclic) bond motifs is 7. The molecular weight excluding hydrogens is 781 g/mol. The number of hydrogen-bond acceptors (Lipinski definition) is 4. The Balaban J connectivity index is 1.33. The molecule has 0 unspecified atom stereocenters. The smallest absolute Gasteiger partial charge is 0.238 e. The first kappa shape index (κ1) is 20.3. The molecule has 6 heteroatoms. The van der Waals surface area contributed by atoms with E-state index >= 15 is 0 Å². The SMILES string of the molecule is [2H]c1ccc(-c2ccc(-c3nc(-c4ccccc4)nc(-n4c5c([2H])c([2H])c([2H])c([2H])c5c5c([2H])c(C#N)c6c7c([2H])c([2H])c([2H])c([2H])c7n(-c7c([2H])c([2H])c([2H])c([2H])c7-c7c([2H])c([2H])c(-c8c([2H])c([2H])c([2H])c([2H])c8[2H])c([2H])c7[2H])c6c54)n3)cc2)cc1. The number of nitrogens with zero attached hydrogens (tertiary/aromatic N) is 6. The molecule has 0 atom stereocenters. The van der Waals surface area contributed by atoms with Crippen LogP contribution in [0.3, 0.4) is 0 Å². The van der Waals surface area contributed by atoms with Crippen molar-refractivity contribution in [2.24, 2.45) is 0 Å². The summed E-state index contributed by atoms with van der Waals surface area (Å²) in [7, 11) is 0. The van der Waals surface area contributed by atoms with Crippen LogP contribution in [0.15, 0.2) is 218 Å². The molecule has 0 radical (unpaired) electrons. The van der Waals surface area contributed by atoms with Gasteiger partial charge >= 0.3 is 0 Å². The minimum atomic E-state index is -1.08. The van der Waals surface area contributed by atoms with Gasteiger partial charge in [-0.3, -0.25) is 4.57 Å². The van der Waals surface area contributed by atoms with E-state index in [0.29, 0.717) is 17.2 Å². The molecule has 3 heterocycles. The predicted octanol–water partition coefficient (Wildman–Crippen LogP) is 14.3. The van der Waals surface area contributed by atoms with Gasteiger partial charge in [0.1, 0.15) is 0 Å². The van der Waals surface area contributed by atoms with Crippen molar-refractivity contribution < 1.29 is 31.5 Å². The fourth-order valence-corrected chi connectivity index (χ4v) is 7.79. The Labute approximate surface area is 401 Å². The molecule has 0 saturated heterocycles. The van der Waals surface area contributed by atoms with Gasteiger partial charge in [-0.05, 0) is 52.0 Å². The van der Waals surface area contributed by atoms with E-state index in [1.54, 1.807) is 78.9 Å². The van der Waals surface area contributed by atoms with Crippen molar-refractivity contribution in [2.45, 2.75) is 0 Å². The second-order valence-corrected chi connectivity index (χ2v) is 14.2. The number of nitriles is 1. The molecule has 0 aliphatic heterocycles. The van der Waals surface area contributed by atoms with E-state index in [-0.39, 0.29) is 11.6 Å². The Morgan fingerprint density at radius 2 is 0.984 bits per heavy atom. The molecule has 0 saturated carbocycles. The maximum absolute atomic E-state index is 11.4. The van der Waals surface area contributed by atoms with Crippen LogP contribution in [0.25, 0.3) is 111 Å². The van der Waals surface area contributed by atoms with E-state index in [9.17, 15) is 21.7 Å². The van der Waals surface area contributed by atoms with Gasteiger partial charge in [0.05, 0.1) is 70.9 Å². The third-order valence-electron chi connectivity index (χ3n) is 10.6. The van der Waals surface area contributed by atoms with Gasteiger partial charge in [0.25, 0.3) is 0 Å². The summed E-state index contributed by atoms with van der Waals surface area (Å²) >= 11 is 0. The van der Waals surface area contributed by atoms with Crippen molar-refractivity contribution >= 4 is 43.6 Å². The average Bonchev–Trinajstić information content (AvgIpc) is 1.57. The number of hydrogen-bond donors (Lipinski definition) is 0. The molecule has 12 aromatic rings. The van der Waals surface area contributed by atoms with Crippen LogP contribution < -0.4 is 0 Å². The van der Waals surface area contributed by atoms with Crippen LogP contribution in [0.1, 0.15) is 37.1 Å². The molecular formula is C58H36N6. The lowest BCUT2D eigenvalue weighted by Gasteiger charge is -2.16. The molecule has 0 spiro atoms. The largest absolute Gasteiger partial charge is 0.307 e. The van der Waals surface area contributed by atoms with Gasteiger partial charge < -0.3 is 4.57 Å². The van der Waals surface area contributed by atoms with Gasteiger partial charge in [0.15, 0.2) is 11.6 Å². The summed E-state index contributed by atoms with van der Waals surface area (Å²) < 4.78 is 212. The zero-order valence-corrected chi connectivity index (χ0v) is 32.7. The van der Waals surface area contributed by atoms with Gasteiger partial charge in [0.2, 0.25) is 5.95 Å². The number of benzene rings is 9. The van der Waals surface area contributed by atoms with Crippen LogP contribution in [0.5, 0.6) is 0 Å². The Morgan fingerprint density at radius 3 is 1.72 bits per heavy atom. The Bertz CT molecular complexity index is 5080. The van der Waals surface area contributed by atoms with E-state index in [1.165, 1.54) is 0 Å². The standard InChI is InChI=1S/C58H36N6/c59-37-45-36-49-47-23-11-14-26-51(47)64(58-61-56(43-20-8-3-9-21-43)60-57(62-58)44-34-30-41(31-35-44)39-18-6-2-7-19-39)54(49)55-53(45)48-24-12-15-27-52(48)63(55)50-25-13-10-22-46(50)42-32-28-40(29-33-42)38-16-4-1-5-17-38/h1-36H/i1D,2D,4D,5D,10D,11D,12D,13D,14D,15D,16D,17D,22D,23D,24D,25D,26D,27D,28D,29D,32D,33D,36D. The summed E-state index contributed by atoms with van der Waals surface area (Å²) in [6.07, 6.45) is 0. The fourth-order valence-electron chi connectivity index (χ4n) is 7.79. The van der Waals surface area contributed by atoms with Crippen molar-refractivity contribution in [1.82, 2.24) is 24.1 Å². The van der Waals surface area contributed by atoms with E-state index in [0.717, 1.165) is 20.3 Å². The number of para-hydroxylation sites is 3. The molecule has 0 fully saturated rings. The van der Waals surface area contributed by atoms with Gasteiger partial charge in [-0.2, -0.15) is 15.2 Å². The molecule has 6 nitrogen and oxygen atoms in total. The van der Waals surface area contributed by atoms with E-state index in [2.05, 4.69) is 0 Å². The number of rotatable bonds is 7. The van der Waals surface area contributed by atoms with E-state index in [1.807, 2.05) is 6.07 Å². The van der Waals surface area contributed by atoms with Crippen molar-refractivity contribution in [2.75, 3.05) is 0 Å². The highest BCUT2D eigenvalue weighted by atomic mass is 15.2. The average molecular weight is 840 g/mol. The van der Waals surface area contributed by atoms with Gasteiger partial charge in [-0.25, -0.2) is 4.98 Å². The lowest BCUT2D eigenvalue weighted by molar-refractivity contribution is 0.953. The summed E-state index contributed by atoms with van der Waals surface area (Å²) in [5, 5.41) is 9.47. The van der Waals surface area contributed by atoms with Crippen LogP contribution in [0.4, 0.5) is 0 Å². The Kier molecular flexibility index (Phi) is 4.83. The van der Waals surface area contributed by atoms with Crippen LogP contribution in [-0.4, -0.2) is 24.1 Å². The zero-order valence-electron chi connectivity index (χ0n) is 55.7. The summed E-state index contributed by atoms with van der Waals surface area (Å²) in [5.41, 5.74) is -4.54. The molecule has 0 amide bonds. The highest BCUT2D eigenvalue weighted by molar-refractivity contribution is 6.25. The first-order valence-electron chi connectivity index (χ1n) is 31.0. The third-order valence-corrected chi connectivity index (χ3v) is 10.6. The summed E-state index contributed by atoms with van der Waals surface area (Å²) in [5.74, 6) is -0.486. The zero-order chi connectivity index (χ0) is 62.6. The van der Waals surface area contributed by atoms with Gasteiger partial charge in [0, 0.05) is 38.2 Å². The van der Waals surface area contributed by atoms with E-state index < -0.39 is 216 Å². The van der Waals surface area contributed by atoms with Crippen molar-refractivity contribution in [1.29, 1.82) is 5.26 Å². The van der Waals surface area contributed by atoms with Gasteiger partial charge in [-0.15, -0.1) is 0 Å². The molecule has 3 aromatic heterocycles. The van der Waals surface area contributed by atoms with Crippen molar-refractivity contribution in [3.05, 3.63) is 223 Å². The maximum atomic E-state index is 11.4. The maximum Gasteiger partial charge on any atom is 0.238 e. The minimum Gasteiger partial charge on any atom is -0.307 e. The minimum absolute atomic E-state index is 0.0208. The molecule has 9 aromatic carbocycles. The second-order valence-electron chi connectivity index (χ2n) is 14.2. The van der Waals surface area contributed by atoms with Gasteiger partial charge in [-0.1, -0.05) is 194 Å². The Morgan fingerprint density at radius 1 is 0.422 bits per heavy atom. The molecule has 0 bridgehead atoms. The number of aromatic nitrogens is 5. The monoisotopic (exact) mass is 839 g/mol. The molecule has 12 rings (SSSR count). The topological polar surface area (TPSA) is 72.3 Å². The molecule has 0 aliphatic carbocycles. The summed E-state index contributed by atoms with van der Waals surface area (Å²) in [6.45, 7) is 0. The van der Waals surface area contributed by atoms with Crippen LogP contribution in [0.2, 0.25) is 0 Å². The van der Waals surface area contributed by atoms with Crippen LogP contribution in [-0.2, 0) is 0 Å². The third kappa shape index (κ3) is 6.06. The first-order valence-corrected chi connectivity index (χ1v) is 19.5. The normalized spacial score (nSPS) is 16.5. The quantitative estimate of drug-likeness (QED) is 0.160.